The van der Waals surface area contributed by atoms with Gasteiger partial charge in [0.2, 0.25) is 0 Å². The molecule has 0 aromatic heterocycles. The highest BCUT2D eigenvalue weighted by molar-refractivity contribution is 5.66. The summed E-state index contributed by atoms with van der Waals surface area (Å²) in [6.45, 7) is 0. The predicted molar refractivity (Wildman–Crippen MR) is 58.9 cm³/mol. The van der Waals surface area contributed by atoms with Crippen molar-refractivity contribution in [1.29, 1.82) is 0 Å². The number of hydrogen-bond donors (Lipinski definition) is 2. The molecule has 4 aliphatic rings. The molecule has 3 heteroatoms. The van der Waals surface area contributed by atoms with Crippen molar-refractivity contribution < 1.29 is 15.0 Å². The van der Waals surface area contributed by atoms with Gasteiger partial charge in [0.05, 0.1) is 5.60 Å². The lowest BCUT2D eigenvalue weighted by molar-refractivity contribution is -0.168. The molecule has 0 radical (unpaired) electrons. The largest absolute Gasteiger partial charge is 0.481 e. The highest BCUT2D eigenvalue weighted by Crippen LogP contribution is 2.63. The van der Waals surface area contributed by atoms with Gasteiger partial charge in [-0.3, -0.25) is 4.79 Å². The van der Waals surface area contributed by atoms with E-state index >= 15 is 0 Å². The fourth-order valence-corrected chi connectivity index (χ4v) is 5.07. The van der Waals surface area contributed by atoms with E-state index in [9.17, 15) is 9.90 Å². The topological polar surface area (TPSA) is 57.5 Å². The van der Waals surface area contributed by atoms with Crippen molar-refractivity contribution in [3.8, 4) is 0 Å². The number of aliphatic carboxylic acids is 1. The van der Waals surface area contributed by atoms with Crippen LogP contribution in [0.4, 0.5) is 0 Å². The Balaban J connectivity index is 1.78. The van der Waals surface area contributed by atoms with Crippen molar-refractivity contribution >= 4 is 5.97 Å². The van der Waals surface area contributed by atoms with Gasteiger partial charge in [-0.15, -0.1) is 0 Å². The second-order valence-corrected chi connectivity index (χ2v) is 6.58. The minimum absolute atomic E-state index is 0.164. The van der Waals surface area contributed by atoms with Crippen molar-refractivity contribution in [2.75, 3.05) is 0 Å². The van der Waals surface area contributed by atoms with Crippen LogP contribution < -0.4 is 0 Å². The molecule has 0 unspecified atom stereocenters. The van der Waals surface area contributed by atoms with E-state index in [2.05, 4.69) is 0 Å². The molecular weight excluding hydrogens is 204 g/mol. The van der Waals surface area contributed by atoms with Gasteiger partial charge in [-0.25, -0.2) is 0 Å². The quantitative estimate of drug-likeness (QED) is 0.772. The summed E-state index contributed by atoms with van der Waals surface area (Å²) in [5, 5.41) is 19.3. The van der Waals surface area contributed by atoms with E-state index in [0.717, 1.165) is 25.7 Å². The van der Waals surface area contributed by atoms with Gasteiger partial charge in [0, 0.05) is 6.42 Å². The summed E-state index contributed by atoms with van der Waals surface area (Å²) in [4.78, 5) is 10.7. The third-order valence-electron chi connectivity index (χ3n) is 5.02. The average Bonchev–Trinajstić information content (AvgIpc) is 2.10. The summed E-state index contributed by atoms with van der Waals surface area (Å²) in [6.07, 6.45) is 7.46. The Morgan fingerprint density at radius 3 is 2.31 bits per heavy atom. The molecule has 2 atom stereocenters. The van der Waals surface area contributed by atoms with Gasteiger partial charge in [0.1, 0.15) is 0 Å². The number of hydrogen-bond acceptors (Lipinski definition) is 2. The van der Waals surface area contributed by atoms with Crippen molar-refractivity contribution in [2.24, 2.45) is 17.3 Å². The molecule has 3 nitrogen and oxygen atoms in total. The Labute approximate surface area is 95.9 Å². The molecule has 0 spiro atoms. The number of carboxylic acid groups (broad SMARTS) is 1. The summed E-state index contributed by atoms with van der Waals surface area (Å²) in [5.74, 6) is 0.642. The summed E-state index contributed by atoms with van der Waals surface area (Å²) >= 11 is 0. The van der Waals surface area contributed by atoms with Crippen LogP contribution in [0.2, 0.25) is 0 Å². The molecule has 0 amide bonds. The van der Waals surface area contributed by atoms with Crippen molar-refractivity contribution in [1.82, 2.24) is 0 Å². The molecule has 0 heterocycles. The lowest BCUT2D eigenvalue weighted by atomic mass is 9.47. The molecule has 0 aromatic carbocycles. The van der Waals surface area contributed by atoms with E-state index in [1.165, 1.54) is 19.3 Å². The first-order valence-corrected chi connectivity index (χ1v) is 6.43. The zero-order valence-corrected chi connectivity index (χ0v) is 9.61. The molecule has 4 rings (SSSR count). The Bertz CT molecular complexity index is 309. The fraction of sp³-hybridized carbons (Fsp3) is 0.923. The van der Waals surface area contributed by atoms with Crippen LogP contribution in [0.25, 0.3) is 0 Å². The lowest BCUT2D eigenvalue weighted by Crippen LogP contribution is -2.55. The van der Waals surface area contributed by atoms with Crippen LogP contribution in [0, 0.1) is 17.3 Å². The van der Waals surface area contributed by atoms with Gasteiger partial charge < -0.3 is 10.2 Å². The van der Waals surface area contributed by atoms with Gasteiger partial charge >= 0.3 is 5.97 Å². The summed E-state index contributed by atoms with van der Waals surface area (Å²) < 4.78 is 0. The van der Waals surface area contributed by atoms with Crippen LogP contribution in [0.3, 0.4) is 0 Å². The molecule has 0 saturated heterocycles. The van der Waals surface area contributed by atoms with E-state index in [1.54, 1.807) is 0 Å². The van der Waals surface area contributed by atoms with E-state index in [4.69, 9.17) is 5.11 Å². The van der Waals surface area contributed by atoms with Crippen LogP contribution in [0.5, 0.6) is 0 Å². The monoisotopic (exact) mass is 224 g/mol. The Kier molecular flexibility index (Phi) is 2.13. The molecule has 2 N–H and O–H groups in total. The number of carboxylic acids is 1. The molecule has 0 aliphatic heterocycles. The van der Waals surface area contributed by atoms with E-state index in [-0.39, 0.29) is 11.8 Å². The van der Waals surface area contributed by atoms with Crippen LogP contribution in [0.1, 0.15) is 51.4 Å². The zero-order chi connectivity index (χ0) is 11.4. The van der Waals surface area contributed by atoms with Crippen LogP contribution in [0.15, 0.2) is 0 Å². The maximum atomic E-state index is 10.7. The van der Waals surface area contributed by atoms with Gasteiger partial charge in [0.15, 0.2) is 0 Å². The Morgan fingerprint density at radius 1 is 1.19 bits per heavy atom. The first kappa shape index (κ1) is 10.6. The maximum Gasteiger partial charge on any atom is 0.303 e. The Hall–Kier alpha value is -0.570. The van der Waals surface area contributed by atoms with E-state index in [1.807, 2.05) is 0 Å². The highest BCUT2D eigenvalue weighted by Gasteiger charge is 2.56. The summed E-state index contributed by atoms with van der Waals surface area (Å²) in [5.41, 5.74) is -0.278. The lowest BCUT2D eigenvalue weighted by Gasteiger charge is -2.60. The van der Waals surface area contributed by atoms with Gasteiger partial charge in [-0.05, 0) is 62.2 Å². The van der Waals surface area contributed by atoms with E-state index in [0.29, 0.717) is 11.8 Å². The second-order valence-electron chi connectivity index (χ2n) is 6.58. The molecule has 0 aromatic rings. The molecule has 4 saturated carbocycles. The van der Waals surface area contributed by atoms with Gasteiger partial charge in [-0.2, -0.15) is 0 Å². The average molecular weight is 224 g/mol. The van der Waals surface area contributed by atoms with Crippen molar-refractivity contribution in [3.63, 3.8) is 0 Å². The zero-order valence-electron chi connectivity index (χ0n) is 9.61. The second kappa shape index (κ2) is 3.22. The number of aliphatic hydroxyl groups is 1. The van der Waals surface area contributed by atoms with Crippen LogP contribution >= 0.6 is 0 Å². The van der Waals surface area contributed by atoms with Crippen molar-refractivity contribution in [2.45, 2.75) is 57.0 Å². The highest BCUT2D eigenvalue weighted by atomic mass is 16.4. The predicted octanol–water partition coefficient (Wildman–Crippen LogP) is 2.18. The van der Waals surface area contributed by atoms with Crippen molar-refractivity contribution in [3.05, 3.63) is 0 Å². The fourth-order valence-electron chi connectivity index (χ4n) is 5.07. The molecule has 4 fully saturated rings. The minimum atomic E-state index is -0.692. The first-order valence-electron chi connectivity index (χ1n) is 6.43. The number of carbonyl (C=O) groups is 1. The standard InChI is InChI=1S/C13H20O3/c14-11(15)1-2-12-4-9-3-10(5-12)7-13(16,6-9)8-12/h9-10,16H,1-8H2,(H,14,15)/t9-,10-,12?,13?/m1/s1. The molecule has 90 valence electrons. The summed E-state index contributed by atoms with van der Waals surface area (Å²) in [6, 6.07) is 0. The Morgan fingerprint density at radius 2 is 1.81 bits per heavy atom. The maximum absolute atomic E-state index is 10.7. The van der Waals surface area contributed by atoms with Gasteiger partial charge in [0.25, 0.3) is 0 Å². The molecule has 4 bridgehead atoms. The van der Waals surface area contributed by atoms with E-state index < -0.39 is 11.6 Å². The first-order chi connectivity index (χ1) is 7.49. The van der Waals surface area contributed by atoms with Crippen LogP contribution in [-0.4, -0.2) is 21.8 Å². The molecular formula is C13H20O3. The third-order valence-corrected chi connectivity index (χ3v) is 5.02. The molecule has 4 aliphatic carbocycles. The molecule has 16 heavy (non-hydrogen) atoms. The number of rotatable bonds is 3. The SMILES string of the molecule is O=C(O)CCC12C[C@H]3C[C@@H](CC(O)(C3)C1)C2. The minimum Gasteiger partial charge on any atom is -0.481 e. The van der Waals surface area contributed by atoms with Gasteiger partial charge in [-0.1, -0.05) is 0 Å². The normalized spacial score (nSPS) is 49.6. The van der Waals surface area contributed by atoms with Crippen LogP contribution in [-0.2, 0) is 4.79 Å². The smallest absolute Gasteiger partial charge is 0.303 e. The third kappa shape index (κ3) is 1.65. The summed E-state index contributed by atoms with van der Waals surface area (Å²) in [7, 11) is 0.